The summed E-state index contributed by atoms with van der Waals surface area (Å²) in [6.45, 7) is 6.88. The van der Waals surface area contributed by atoms with E-state index >= 15 is 0 Å². The topological polar surface area (TPSA) is 49.8 Å². The van der Waals surface area contributed by atoms with E-state index in [0.29, 0.717) is 12.0 Å². The van der Waals surface area contributed by atoms with Crippen LogP contribution in [0.1, 0.15) is 63.6 Å². The second-order valence-electron chi connectivity index (χ2n) is 9.50. The van der Waals surface area contributed by atoms with Crippen molar-refractivity contribution >= 4 is 5.97 Å². The van der Waals surface area contributed by atoms with Gasteiger partial charge in [0.05, 0.1) is 18.2 Å². The van der Waals surface area contributed by atoms with Gasteiger partial charge in [-0.3, -0.25) is 4.90 Å². The van der Waals surface area contributed by atoms with Gasteiger partial charge in [0.1, 0.15) is 6.23 Å². The first kappa shape index (κ1) is 18.1. The minimum atomic E-state index is -0.808. The van der Waals surface area contributed by atoms with Gasteiger partial charge in [-0.1, -0.05) is 49.8 Å². The Hall–Kier alpha value is -1.91. The summed E-state index contributed by atoms with van der Waals surface area (Å²) in [5.74, 6) is -0.808. The maximum Gasteiger partial charge on any atom is 0.331 e. The first-order chi connectivity index (χ1) is 13.4. The van der Waals surface area contributed by atoms with Gasteiger partial charge in [0.15, 0.2) is 0 Å². The summed E-state index contributed by atoms with van der Waals surface area (Å²) in [6, 6.07) is 8.87. The van der Waals surface area contributed by atoms with Crippen LogP contribution in [0.25, 0.3) is 0 Å². The zero-order valence-corrected chi connectivity index (χ0v) is 16.9. The molecule has 5 rings (SSSR count). The molecular weight excluding hydrogens is 350 g/mol. The lowest BCUT2D eigenvalue weighted by Gasteiger charge is -2.46. The molecule has 0 amide bonds. The van der Waals surface area contributed by atoms with Crippen molar-refractivity contribution in [2.24, 2.45) is 5.41 Å². The number of nitrogens with zero attached hydrogens (tertiary/aromatic N) is 1. The van der Waals surface area contributed by atoms with Crippen molar-refractivity contribution in [1.82, 2.24) is 4.90 Å². The van der Waals surface area contributed by atoms with Crippen molar-refractivity contribution in [2.75, 3.05) is 0 Å². The third-order valence-electron chi connectivity index (χ3n) is 7.32. The van der Waals surface area contributed by atoms with Crippen molar-refractivity contribution in [3.05, 3.63) is 58.2 Å². The molecule has 0 spiro atoms. The first-order valence-corrected chi connectivity index (χ1v) is 10.5. The number of carboxylic acid groups (broad SMARTS) is 1. The lowest BCUT2D eigenvalue weighted by atomic mass is 9.68. The Labute approximate surface area is 166 Å². The number of carboxylic acids is 1. The molecule has 28 heavy (non-hydrogen) atoms. The Kier molecular flexibility index (Phi) is 4.08. The van der Waals surface area contributed by atoms with Crippen LogP contribution < -0.4 is 0 Å². The molecule has 2 aliphatic heterocycles. The maximum absolute atomic E-state index is 11.9. The smallest absolute Gasteiger partial charge is 0.331 e. The van der Waals surface area contributed by atoms with Gasteiger partial charge in [0.2, 0.25) is 0 Å². The third kappa shape index (κ3) is 2.61. The highest BCUT2D eigenvalue weighted by Crippen LogP contribution is 2.52. The van der Waals surface area contributed by atoms with Crippen LogP contribution >= 0.6 is 0 Å². The second-order valence-corrected chi connectivity index (χ2v) is 9.50. The van der Waals surface area contributed by atoms with Crippen LogP contribution in [0.2, 0.25) is 0 Å². The Morgan fingerprint density at radius 1 is 1.25 bits per heavy atom. The van der Waals surface area contributed by atoms with Crippen LogP contribution in [0.15, 0.2) is 47.1 Å². The summed E-state index contributed by atoms with van der Waals surface area (Å²) < 4.78 is 6.48. The van der Waals surface area contributed by atoms with E-state index in [0.717, 1.165) is 19.3 Å². The fraction of sp³-hybridized carbons (Fsp3) is 0.542. The predicted molar refractivity (Wildman–Crippen MR) is 108 cm³/mol. The number of aliphatic carboxylic acids is 1. The fourth-order valence-electron chi connectivity index (χ4n) is 6.19. The SMILES string of the molecule is CC1=C([C@@H]2C=C(C(=O)O)C[C@H]3O[C@@H]4Cc5ccccc5[C@@H]4N32)C(C)(C)CCC1. The van der Waals surface area contributed by atoms with Gasteiger partial charge in [0, 0.05) is 18.4 Å². The van der Waals surface area contributed by atoms with E-state index in [2.05, 4.69) is 49.9 Å². The summed E-state index contributed by atoms with van der Waals surface area (Å²) in [4.78, 5) is 14.4. The fourth-order valence-corrected chi connectivity index (χ4v) is 6.19. The van der Waals surface area contributed by atoms with E-state index in [1.165, 1.54) is 28.7 Å². The normalized spacial score (nSPS) is 33.9. The zero-order valence-electron chi connectivity index (χ0n) is 16.9. The summed E-state index contributed by atoms with van der Waals surface area (Å²) in [5.41, 5.74) is 6.15. The zero-order chi connectivity index (χ0) is 19.6. The average Bonchev–Trinajstić information content (AvgIpc) is 3.15. The van der Waals surface area contributed by atoms with E-state index in [1.807, 2.05) is 6.08 Å². The second kappa shape index (κ2) is 6.30. The van der Waals surface area contributed by atoms with Crippen molar-refractivity contribution in [3.63, 3.8) is 0 Å². The van der Waals surface area contributed by atoms with Crippen LogP contribution in [0.5, 0.6) is 0 Å². The molecule has 4 nitrogen and oxygen atoms in total. The summed E-state index contributed by atoms with van der Waals surface area (Å²) in [5, 5.41) is 9.77. The third-order valence-corrected chi connectivity index (χ3v) is 7.32. The molecule has 0 radical (unpaired) electrons. The van der Waals surface area contributed by atoms with E-state index in [-0.39, 0.29) is 29.8 Å². The van der Waals surface area contributed by atoms with Gasteiger partial charge in [-0.2, -0.15) is 0 Å². The quantitative estimate of drug-likeness (QED) is 0.762. The molecule has 4 heteroatoms. The molecule has 1 fully saturated rings. The van der Waals surface area contributed by atoms with Gasteiger partial charge >= 0.3 is 5.97 Å². The van der Waals surface area contributed by atoms with Crippen LogP contribution in [0.4, 0.5) is 0 Å². The number of ether oxygens (including phenoxy) is 1. The van der Waals surface area contributed by atoms with E-state index in [4.69, 9.17) is 4.74 Å². The molecule has 1 saturated heterocycles. The molecule has 2 aliphatic carbocycles. The molecule has 0 bridgehead atoms. The number of allylic oxidation sites excluding steroid dienone is 1. The molecule has 0 aromatic heterocycles. The Morgan fingerprint density at radius 3 is 2.79 bits per heavy atom. The molecule has 4 atom stereocenters. The molecule has 4 aliphatic rings. The van der Waals surface area contributed by atoms with Crippen LogP contribution in [-0.4, -0.2) is 34.3 Å². The average molecular weight is 380 g/mol. The Morgan fingerprint density at radius 2 is 2.04 bits per heavy atom. The number of hydrogen-bond donors (Lipinski definition) is 1. The van der Waals surface area contributed by atoms with E-state index in [1.54, 1.807) is 0 Å². The van der Waals surface area contributed by atoms with Crippen molar-refractivity contribution in [1.29, 1.82) is 0 Å². The molecule has 1 N–H and O–H groups in total. The summed E-state index contributed by atoms with van der Waals surface area (Å²) >= 11 is 0. The van der Waals surface area contributed by atoms with Gasteiger partial charge in [-0.05, 0) is 48.3 Å². The maximum atomic E-state index is 11.9. The minimum absolute atomic E-state index is 0.00121. The lowest BCUT2D eigenvalue weighted by molar-refractivity contribution is -0.134. The number of benzene rings is 1. The number of hydrogen-bond acceptors (Lipinski definition) is 3. The molecular formula is C24H29NO3. The van der Waals surface area contributed by atoms with Gasteiger partial charge in [-0.25, -0.2) is 4.79 Å². The monoisotopic (exact) mass is 379 g/mol. The molecule has 1 aromatic rings. The number of fused-ring (bicyclic) bond motifs is 5. The van der Waals surface area contributed by atoms with Crippen molar-refractivity contribution in [3.8, 4) is 0 Å². The predicted octanol–water partition coefficient (Wildman–Crippen LogP) is 4.62. The van der Waals surface area contributed by atoms with Crippen molar-refractivity contribution < 1.29 is 14.6 Å². The summed E-state index contributed by atoms with van der Waals surface area (Å²) in [7, 11) is 0. The summed E-state index contributed by atoms with van der Waals surface area (Å²) in [6.07, 6.45) is 6.85. The highest BCUT2D eigenvalue weighted by atomic mass is 16.5. The first-order valence-electron chi connectivity index (χ1n) is 10.5. The van der Waals surface area contributed by atoms with Crippen LogP contribution in [0, 0.1) is 5.41 Å². The number of carbonyl (C=O) groups is 1. The van der Waals surface area contributed by atoms with Gasteiger partial charge in [-0.15, -0.1) is 0 Å². The molecule has 0 saturated carbocycles. The minimum Gasteiger partial charge on any atom is -0.478 e. The highest BCUT2D eigenvalue weighted by molar-refractivity contribution is 5.87. The molecule has 0 unspecified atom stereocenters. The molecule has 148 valence electrons. The molecule has 1 aromatic carbocycles. The van der Waals surface area contributed by atoms with E-state index < -0.39 is 5.97 Å². The number of rotatable bonds is 2. The highest BCUT2D eigenvalue weighted by Gasteiger charge is 2.53. The Balaban J connectivity index is 1.65. The van der Waals surface area contributed by atoms with Crippen molar-refractivity contribution in [2.45, 2.75) is 77.3 Å². The largest absolute Gasteiger partial charge is 0.478 e. The van der Waals surface area contributed by atoms with Crippen LogP contribution in [-0.2, 0) is 16.0 Å². The van der Waals surface area contributed by atoms with Crippen LogP contribution in [0.3, 0.4) is 0 Å². The van der Waals surface area contributed by atoms with Gasteiger partial charge in [0.25, 0.3) is 0 Å². The van der Waals surface area contributed by atoms with Gasteiger partial charge < -0.3 is 9.84 Å². The molecule has 2 heterocycles. The Bertz CT molecular complexity index is 897. The van der Waals surface area contributed by atoms with E-state index in [9.17, 15) is 9.90 Å². The standard InChI is InChI=1S/C24H29NO3/c1-14-7-6-10-24(2,3)21(14)18-11-16(23(26)27)13-20-25(18)22-17-9-5-4-8-15(17)12-19(22)28-20/h4-5,8-9,11,18-20,22H,6-7,10,12-13H2,1-3H3,(H,26,27)/t18-,19+,20+,22-/m0/s1. The lowest BCUT2D eigenvalue weighted by Crippen LogP contribution is -2.48.